The molecule has 0 bridgehead atoms. The molecule has 0 spiro atoms. The first-order chi connectivity index (χ1) is 19.4. The Hall–Kier alpha value is -4.18. The molecule has 0 aromatic heterocycles. The number of ether oxygens (including phenoxy) is 2. The molecule has 0 saturated carbocycles. The van der Waals surface area contributed by atoms with Gasteiger partial charge in [0.15, 0.2) is 11.5 Å². The number of nitrogens with zero attached hydrogens (tertiary/aromatic N) is 3. The van der Waals surface area contributed by atoms with Crippen LogP contribution in [0.1, 0.15) is 16.7 Å². The molecule has 0 unspecified atom stereocenters. The molecule has 1 N–H and O–H groups in total. The summed E-state index contributed by atoms with van der Waals surface area (Å²) < 4.78 is 24.1. The molecule has 1 amide bonds. The molecular formula is C30H33FN4O5. The summed E-state index contributed by atoms with van der Waals surface area (Å²) in [5.74, 6) is 0.562. The molecule has 2 atom stereocenters. The van der Waals surface area contributed by atoms with E-state index >= 15 is 0 Å². The smallest absolute Gasteiger partial charge is 0.269 e. The lowest BCUT2D eigenvalue weighted by atomic mass is 9.83. The van der Waals surface area contributed by atoms with Crippen LogP contribution in [0, 0.1) is 21.8 Å². The zero-order valence-electron chi connectivity index (χ0n) is 22.6. The molecular weight excluding hydrogens is 515 g/mol. The second-order valence-electron chi connectivity index (χ2n) is 10.2. The summed E-state index contributed by atoms with van der Waals surface area (Å²) >= 11 is 0. The van der Waals surface area contributed by atoms with E-state index in [-0.39, 0.29) is 29.4 Å². The van der Waals surface area contributed by atoms with Crippen molar-refractivity contribution in [3.8, 4) is 11.5 Å². The van der Waals surface area contributed by atoms with Crippen molar-refractivity contribution in [3.05, 3.63) is 93.3 Å². The highest BCUT2D eigenvalue weighted by Gasteiger charge is 2.41. The first-order valence-electron chi connectivity index (χ1n) is 13.4. The Morgan fingerprint density at radius 3 is 2.50 bits per heavy atom. The summed E-state index contributed by atoms with van der Waals surface area (Å²) in [5, 5.41) is 14.6. The van der Waals surface area contributed by atoms with Crippen LogP contribution in [0.2, 0.25) is 0 Å². The number of carbonyl (C=O) groups excluding carboxylic acids is 1. The predicted molar refractivity (Wildman–Crippen MR) is 149 cm³/mol. The normalized spacial score (nSPS) is 18.4. The molecule has 210 valence electrons. The molecule has 5 rings (SSSR count). The number of fused-ring (bicyclic) bond motifs is 3. The first kappa shape index (κ1) is 27.4. The molecule has 0 radical (unpaired) electrons. The van der Waals surface area contributed by atoms with Crippen LogP contribution in [0.5, 0.6) is 11.5 Å². The number of nitro groups is 1. The van der Waals surface area contributed by atoms with Gasteiger partial charge in [-0.1, -0.05) is 18.2 Å². The van der Waals surface area contributed by atoms with E-state index in [0.29, 0.717) is 50.5 Å². The SMILES string of the molecule is COc1ccc(CCNC(=O)[C@@H]2Cc3cc([N+](=O)[O-])ccc3N3CCN(Cc4ccc(F)cc4)C[C@H]23)cc1OC. The van der Waals surface area contributed by atoms with Crippen molar-refractivity contribution < 1.29 is 23.6 Å². The number of nitrogens with one attached hydrogen (secondary N) is 1. The Balaban J connectivity index is 1.32. The van der Waals surface area contributed by atoms with Gasteiger partial charge in [-0.25, -0.2) is 4.39 Å². The summed E-state index contributed by atoms with van der Waals surface area (Å²) in [5.41, 5.74) is 3.81. The number of non-ortho nitro benzene ring substituents is 1. The monoisotopic (exact) mass is 548 g/mol. The summed E-state index contributed by atoms with van der Waals surface area (Å²) in [7, 11) is 3.17. The average molecular weight is 549 g/mol. The maximum atomic E-state index is 13.6. The topological polar surface area (TPSA) is 97.2 Å². The van der Waals surface area contributed by atoms with E-state index in [1.165, 1.54) is 18.2 Å². The van der Waals surface area contributed by atoms with Crippen molar-refractivity contribution in [2.24, 2.45) is 5.92 Å². The van der Waals surface area contributed by atoms with E-state index in [9.17, 15) is 19.3 Å². The average Bonchev–Trinajstić information content (AvgIpc) is 2.97. The third kappa shape index (κ3) is 5.86. The molecule has 3 aromatic rings. The minimum Gasteiger partial charge on any atom is -0.493 e. The van der Waals surface area contributed by atoms with E-state index in [1.54, 1.807) is 38.5 Å². The maximum absolute atomic E-state index is 13.6. The van der Waals surface area contributed by atoms with Crippen molar-refractivity contribution in [2.45, 2.75) is 25.4 Å². The summed E-state index contributed by atoms with van der Waals surface area (Å²) in [6.45, 7) is 3.20. The number of piperazine rings is 1. The van der Waals surface area contributed by atoms with Crippen LogP contribution in [-0.4, -0.2) is 62.2 Å². The van der Waals surface area contributed by atoms with Gasteiger partial charge in [0.05, 0.1) is 31.1 Å². The van der Waals surface area contributed by atoms with Gasteiger partial charge in [0.25, 0.3) is 5.69 Å². The highest BCUT2D eigenvalue weighted by atomic mass is 19.1. The molecule has 40 heavy (non-hydrogen) atoms. The minimum absolute atomic E-state index is 0.0276. The van der Waals surface area contributed by atoms with Crippen LogP contribution in [0.4, 0.5) is 15.8 Å². The lowest BCUT2D eigenvalue weighted by molar-refractivity contribution is -0.384. The number of hydrogen-bond donors (Lipinski definition) is 1. The van der Waals surface area contributed by atoms with Gasteiger partial charge < -0.3 is 19.7 Å². The second kappa shape index (κ2) is 11.9. The number of rotatable bonds is 9. The largest absolute Gasteiger partial charge is 0.493 e. The number of nitro benzene ring substituents is 1. The Bertz CT molecular complexity index is 1380. The lowest BCUT2D eigenvalue weighted by Gasteiger charge is -2.49. The zero-order valence-corrected chi connectivity index (χ0v) is 22.6. The van der Waals surface area contributed by atoms with E-state index in [1.807, 2.05) is 18.2 Å². The molecule has 2 aliphatic rings. The molecule has 1 fully saturated rings. The zero-order chi connectivity index (χ0) is 28.2. The number of amides is 1. The highest BCUT2D eigenvalue weighted by Crippen LogP contribution is 2.38. The highest BCUT2D eigenvalue weighted by molar-refractivity contribution is 5.82. The van der Waals surface area contributed by atoms with Gasteiger partial charge in [0, 0.05) is 50.5 Å². The molecule has 9 nitrogen and oxygen atoms in total. The van der Waals surface area contributed by atoms with Gasteiger partial charge >= 0.3 is 0 Å². The minimum atomic E-state index is -0.398. The fourth-order valence-electron chi connectivity index (χ4n) is 5.77. The van der Waals surface area contributed by atoms with Gasteiger partial charge in [0.2, 0.25) is 5.91 Å². The summed E-state index contributed by atoms with van der Waals surface area (Å²) in [4.78, 5) is 29.2. The van der Waals surface area contributed by atoms with Crippen molar-refractivity contribution in [3.63, 3.8) is 0 Å². The Labute approximate surface area is 232 Å². The van der Waals surface area contributed by atoms with E-state index in [0.717, 1.165) is 28.9 Å². The molecule has 2 heterocycles. The number of methoxy groups -OCH3 is 2. The van der Waals surface area contributed by atoms with Crippen LogP contribution in [0.15, 0.2) is 60.7 Å². The van der Waals surface area contributed by atoms with Crippen LogP contribution < -0.4 is 19.7 Å². The van der Waals surface area contributed by atoms with E-state index in [2.05, 4.69) is 15.1 Å². The first-order valence-corrected chi connectivity index (χ1v) is 13.4. The van der Waals surface area contributed by atoms with E-state index in [4.69, 9.17) is 9.47 Å². The number of hydrogen-bond acceptors (Lipinski definition) is 7. The van der Waals surface area contributed by atoms with Crippen molar-refractivity contribution in [1.29, 1.82) is 0 Å². The Morgan fingerprint density at radius 1 is 1.02 bits per heavy atom. The van der Waals surface area contributed by atoms with Gasteiger partial charge in [-0.2, -0.15) is 0 Å². The molecule has 2 aliphatic heterocycles. The number of anilines is 1. The van der Waals surface area contributed by atoms with Crippen LogP contribution in [0.3, 0.4) is 0 Å². The number of benzene rings is 3. The van der Waals surface area contributed by atoms with Gasteiger partial charge in [0.1, 0.15) is 5.82 Å². The van der Waals surface area contributed by atoms with E-state index < -0.39 is 4.92 Å². The van der Waals surface area contributed by atoms with Crippen LogP contribution in [0.25, 0.3) is 0 Å². The molecule has 10 heteroatoms. The van der Waals surface area contributed by atoms with Crippen molar-refractivity contribution >= 4 is 17.3 Å². The second-order valence-corrected chi connectivity index (χ2v) is 10.2. The predicted octanol–water partition coefficient (Wildman–Crippen LogP) is 3.97. The van der Waals surface area contributed by atoms with Gasteiger partial charge in [-0.3, -0.25) is 19.8 Å². The maximum Gasteiger partial charge on any atom is 0.269 e. The fourth-order valence-corrected chi connectivity index (χ4v) is 5.77. The molecule has 3 aromatic carbocycles. The number of carbonyl (C=O) groups is 1. The fraction of sp³-hybridized carbons (Fsp3) is 0.367. The van der Waals surface area contributed by atoms with Crippen molar-refractivity contribution in [2.75, 3.05) is 45.3 Å². The van der Waals surface area contributed by atoms with Crippen molar-refractivity contribution in [1.82, 2.24) is 10.2 Å². The van der Waals surface area contributed by atoms with Gasteiger partial charge in [-0.05, 0) is 59.9 Å². The Kier molecular flexibility index (Phi) is 8.16. The lowest BCUT2D eigenvalue weighted by Crippen LogP contribution is -2.61. The number of halogens is 1. The molecule has 1 saturated heterocycles. The van der Waals surface area contributed by atoms with Gasteiger partial charge in [-0.15, -0.1) is 0 Å². The standard InChI is InChI=1S/C30H33FN4O5/c1-39-28-10-5-20(15-29(28)40-2)11-12-32-30(36)25-17-22-16-24(35(37)38)8-9-26(22)34-14-13-33(19-27(25)34)18-21-3-6-23(31)7-4-21/h3-10,15-16,25,27H,11-14,17-19H2,1-2H3,(H,32,36)/t25-,27-/m1/s1. The van der Waals surface area contributed by atoms with Crippen LogP contribution >= 0.6 is 0 Å². The third-order valence-corrected chi connectivity index (χ3v) is 7.81. The Morgan fingerprint density at radius 2 is 1.77 bits per heavy atom. The third-order valence-electron chi connectivity index (χ3n) is 7.81. The summed E-state index contributed by atoms with van der Waals surface area (Å²) in [6, 6.07) is 17.0. The molecule has 0 aliphatic carbocycles. The quantitative estimate of drug-likeness (QED) is 0.319. The summed E-state index contributed by atoms with van der Waals surface area (Å²) in [6.07, 6.45) is 1.04. The van der Waals surface area contributed by atoms with Crippen LogP contribution in [-0.2, 0) is 24.2 Å².